The highest BCUT2D eigenvalue weighted by Gasteiger charge is 2.17. The van der Waals surface area contributed by atoms with Gasteiger partial charge in [0.2, 0.25) is 0 Å². The number of nitrogens with zero attached hydrogens (tertiary/aromatic N) is 2. The van der Waals surface area contributed by atoms with Crippen molar-refractivity contribution in [1.82, 2.24) is 9.47 Å². The zero-order chi connectivity index (χ0) is 20.6. The summed E-state index contributed by atoms with van der Waals surface area (Å²) in [4.78, 5) is 1.86. The first-order valence-corrected chi connectivity index (χ1v) is 9.98. The molecule has 29 heavy (non-hydrogen) atoms. The molecule has 2 atom stereocenters. The second-order valence-corrected chi connectivity index (χ2v) is 7.44. The van der Waals surface area contributed by atoms with Gasteiger partial charge in [0, 0.05) is 37.9 Å². The Morgan fingerprint density at radius 3 is 2.45 bits per heavy atom. The van der Waals surface area contributed by atoms with Gasteiger partial charge in [-0.2, -0.15) is 0 Å². The molecule has 0 unspecified atom stereocenters. The lowest BCUT2D eigenvalue weighted by atomic mass is 10.2. The number of ether oxygens (including phenoxy) is 1. The van der Waals surface area contributed by atoms with Gasteiger partial charge in [0.25, 0.3) is 0 Å². The van der Waals surface area contributed by atoms with Gasteiger partial charge in [0.1, 0.15) is 18.5 Å². The molecular formula is C23H30N2O4. The molecule has 1 aromatic heterocycles. The van der Waals surface area contributed by atoms with Gasteiger partial charge < -0.3 is 24.6 Å². The van der Waals surface area contributed by atoms with E-state index in [4.69, 9.17) is 4.74 Å². The summed E-state index contributed by atoms with van der Waals surface area (Å²) in [5, 5.41) is 31.4. The molecule has 0 amide bonds. The van der Waals surface area contributed by atoms with Crippen molar-refractivity contribution in [3.63, 3.8) is 0 Å². The van der Waals surface area contributed by atoms with Crippen molar-refractivity contribution >= 4 is 10.9 Å². The van der Waals surface area contributed by atoms with Crippen molar-refractivity contribution in [2.75, 3.05) is 32.8 Å². The molecule has 3 aromatic rings. The van der Waals surface area contributed by atoms with Gasteiger partial charge in [-0.05, 0) is 36.6 Å². The van der Waals surface area contributed by atoms with E-state index in [-0.39, 0.29) is 13.2 Å². The first-order valence-electron chi connectivity index (χ1n) is 9.98. The summed E-state index contributed by atoms with van der Waals surface area (Å²) in [6.07, 6.45) is 0.624. The monoisotopic (exact) mass is 398 g/mol. The van der Waals surface area contributed by atoms with Crippen LogP contribution in [0.2, 0.25) is 0 Å². The van der Waals surface area contributed by atoms with E-state index in [0.29, 0.717) is 31.9 Å². The van der Waals surface area contributed by atoms with Crippen LogP contribution in [0.3, 0.4) is 0 Å². The Bertz CT molecular complexity index is 878. The van der Waals surface area contributed by atoms with E-state index < -0.39 is 12.2 Å². The van der Waals surface area contributed by atoms with E-state index in [1.165, 1.54) is 0 Å². The molecule has 0 saturated heterocycles. The normalized spacial score (nSPS) is 13.7. The maximum atomic E-state index is 10.6. The zero-order valence-electron chi connectivity index (χ0n) is 16.8. The number of hydrogen-bond donors (Lipinski definition) is 3. The first-order chi connectivity index (χ1) is 14.0. The number of fused-ring (bicyclic) bond motifs is 1. The summed E-state index contributed by atoms with van der Waals surface area (Å²) in [6, 6.07) is 17.7. The quantitative estimate of drug-likeness (QED) is 0.461. The van der Waals surface area contributed by atoms with Crippen molar-refractivity contribution in [2.24, 2.45) is 0 Å². The van der Waals surface area contributed by atoms with Gasteiger partial charge >= 0.3 is 0 Å². The van der Waals surface area contributed by atoms with Gasteiger partial charge in [-0.1, -0.05) is 35.9 Å². The minimum atomic E-state index is -0.720. The predicted molar refractivity (Wildman–Crippen MR) is 114 cm³/mol. The molecule has 0 fully saturated rings. The van der Waals surface area contributed by atoms with Crippen molar-refractivity contribution in [3.05, 3.63) is 66.4 Å². The van der Waals surface area contributed by atoms with Gasteiger partial charge in [0.15, 0.2) is 0 Å². The Hall–Kier alpha value is -2.38. The summed E-state index contributed by atoms with van der Waals surface area (Å²) in [7, 11) is 0. The van der Waals surface area contributed by atoms with Crippen molar-refractivity contribution in [2.45, 2.75) is 25.7 Å². The molecule has 0 bridgehead atoms. The maximum absolute atomic E-state index is 10.6. The number of aliphatic hydroxyl groups excluding tert-OH is 3. The molecule has 1 heterocycles. The summed E-state index contributed by atoms with van der Waals surface area (Å²) < 4.78 is 7.66. The summed E-state index contributed by atoms with van der Waals surface area (Å²) in [5.41, 5.74) is 2.23. The topological polar surface area (TPSA) is 78.1 Å². The maximum Gasteiger partial charge on any atom is 0.119 e. The number of rotatable bonds is 11. The van der Waals surface area contributed by atoms with Crippen molar-refractivity contribution < 1.29 is 20.1 Å². The number of aromatic nitrogens is 1. The van der Waals surface area contributed by atoms with Crippen LogP contribution >= 0.6 is 0 Å². The Morgan fingerprint density at radius 2 is 1.69 bits per heavy atom. The van der Waals surface area contributed by atoms with Crippen LogP contribution in [0.5, 0.6) is 5.75 Å². The smallest absolute Gasteiger partial charge is 0.119 e. The van der Waals surface area contributed by atoms with Crippen LogP contribution in [0.4, 0.5) is 0 Å². The second-order valence-electron chi connectivity index (χ2n) is 7.44. The van der Waals surface area contributed by atoms with E-state index in [1.54, 1.807) is 0 Å². The van der Waals surface area contributed by atoms with E-state index in [2.05, 4.69) is 0 Å². The SMILES string of the molecule is Cc1ccc(OC[C@@H](O)CN(CCO)C[C@H](O)Cn2ccc3ccccc32)cc1. The van der Waals surface area contributed by atoms with E-state index >= 15 is 0 Å². The lowest BCUT2D eigenvalue weighted by Gasteiger charge is -2.27. The van der Waals surface area contributed by atoms with Crippen LogP contribution in [-0.2, 0) is 6.54 Å². The molecule has 3 rings (SSSR count). The summed E-state index contributed by atoms with van der Waals surface area (Å²) in [5.74, 6) is 0.711. The first kappa shape index (κ1) is 21.3. The predicted octanol–water partition coefficient (Wildman–Crippen LogP) is 2.04. The molecule has 6 heteroatoms. The molecule has 3 N–H and O–H groups in total. The van der Waals surface area contributed by atoms with Gasteiger partial charge in [-0.15, -0.1) is 0 Å². The molecule has 0 aliphatic heterocycles. The molecule has 0 aliphatic rings. The standard InChI is InChI=1S/C23H30N2O4/c1-18-6-8-22(9-7-18)29-17-21(28)15-24(12-13-26)14-20(27)16-25-11-10-19-4-2-3-5-23(19)25/h2-11,20-21,26-28H,12-17H2,1H3/t20-,21-/m0/s1. The van der Waals surface area contributed by atoms with E-state index in [9.17, 15) is 15.3 Å². The lowest BCUT2D eigenvalue weighted by molar-refractivity contribution is 0.0351. The molecular weight excluding hydrogens is 368 g/mol. The number of para-hydroxylation sites is 1. The Kier molecular flexibility index (Phi) is 7.66. The summed E-state index contributed by atoms with van der Waals surface area (Å²) >= 11 is 0. The molecule has 0 spiro atoms. The third kappa shape index (κ3) is 6.30. The molecule has 0 radical (unpaired) electrons. The average molecular weight is 399 g/mol. The fourth-order valence-corrected chi connectivity index (χ4v) is 3.46. The molecule has 2 aromatic carbocycles. The number of aryl methyl sites for hydroxylation is 1. The molecule has 156 valence electrons. The van der Waals surface area contributed by atoms with Crippen LogP contribution in [-0.4, -0.2) is 69.8 Å². The van der Waals surface area contributed by atoms with E-state index in [0.717, 1.165) is 16.5 Å². The highest BCUT2D eigenvalue weighted by Crippen LogP contribution is 2.16. The fourth-order valence-electron chi connectivity index (χ4n) is 3.46. The van der Waals surface area contributed by atoms with Crippen LogP contribution < -0.4 is 4.74 Å². The minimum absolute atomic E-state index is 0.0370. The van der Waals surface area contributed by atoms with Crippen LogP contribution in [0.25, 0.3) is 10.9 Å². The largest absolute Gasteiger partial charge is 0.491 e. The molecule has 0 saturated carbocycles. The van der Waals surface area contributed by atoms with E-state index in [1.807, 2.05) is 77.2 Å². The Labute approximate surface area is 171 Å². The lowest BCUT2D eigenvalue weighted by Crippen LogP contribution is -2.42. The molecule has 0 aliphatic carbocycles. The third-order valence-electron chi connectivity index (χ3n) is 4.91. The van der Waals surface area contributed by atoms with Crippen molar-refractivity contribution in [3.8, 4) is 5.75 Å². The average Bonchev–Trinajstić information content (AvgIpc) is 3.10. The number of aliphatic hydroxyl groups is 3. The third-order valence-corrected chi connectivity index (χ3v) is 4.91. The highest BCUT2D eigenvalue weighted by molar-refractivity contribution is 5.79. The Morgan fingerprint density at radius 1 is 0.966 bits per heavy atom. The van der Waals surface area contributed by atoms with Crippen LogP contribution in [0, 0.1) is 6.92 Å². The van der Waals surface area contributed by atoms with Crippen molar-refractivity contribution in [1.29, 1.82) is 0 Å². The van der Waals surface area contributed by atoms with Crippen LogP contribution in [0.1, 0.15) is 5.56 Å². The number of benzene rings is 2. The van der Waals surface area contributed by atoms with Crippen LogP contribution in [0.15, 0.2) is 60.8 Å². The zero-order valence-corrected chi connectivity index (χ0v) is 16.8. The second kappa shape index (κ2) is 10.4. The highest BCUT2D eigenvalue weighted by atomic mass is 16.5. The van der Waals surface area contributed by atoms with Gasteiger partial charge in [-0.25, -0.2) is 0 Å². The summed E-state index contributed by atoms with van der Waals surface area (Å²) in [6.45, 7) is 3.63. The van der Waals surface area contributed by atoms with Gasteiger partial charge in [-0.3, -0.25) is 4.90 Å². The molecule has 6 nitrogen and oxygen atoms in total. The number of hydrogen-bond acceptors (Lipinski definition) is 5. The van der Waals surface area contributed by atoms with Gasteiger partial charge in [0.05, 0.1) is 12.7 Å². The Balaban J connectivity index is 1.51. The fraction of sp³-hybridized carbons (Fsp3) is 0.391. The minimum Gasteiger partial charge on any atom is -0.491 e.